The Kier molecular flexibility index (Phi) is 6.67. The number of hydrogen-bond donors (Lipinski definition) is 0. The van der Waals surface area contributed by atoms with Gasteiger partial charge in [-0.3, -0.25) is 9.59 Å². The molecular weight excluding hydrogens is 463 g/mol. The Morgan fingerprint density at radius 2 is 1.94 bits per heavy atom. The molecule has 1 N–H and O–H groups in total. The number of Topliss-reactive ketones (excluding diaryl/α,β-unsaturated/α-hetero) is 1. The van der Waals surface area contributed by atoms with Crippen LogP contribution < -0.4 is 14.8 Å². The van der Waals surface area contributed by atoms with Gasteiger partial charge >= 0.3 is 0 Å². The molecule has 0 aliphatic carbocycles. The van der Waals surface area contributed by atoms with Gasteiger partial charge in [-0.1, -0.05) is 47.2 Å². The first-order valence-electron chi connectivity index (χ1n) is 10.3. The number of amides is 1. The van der Waals surface area contributed by atoms with Crippen LogP contribution in [0.25, 0.3) is 5.76 Å². The molecular formula is C25H20Cl2N2O4. The number of aromatic nitrogens is 1. The van der Waals surface area contributed by atoms with Crippen LogP contribution in [0.4, 0.5) is 0 Å². The Morgan fingerprint density at radius 3 is 2.61 bits per heavy atom. The van der Waals surface area contributed by atoms with Crippen LogP contribution in [-0.2, 0) is 16.1 Å². The summed E-state index contributed by atoms with van der Waals surface area (Å²) >= 11 is 12.5. The predicted octanol–water partition coefficient (Wildman–Crippen LogP) is 3.63. The van der Waals surface area contributed by atoms with Crippen LogP contribution >= 0.6 is 23.2 Å². The van der Waals surface area contributed by atoms with Gasteiger partial charge in [0.1, 0.15) is 5.75 Å². The van der Waals surface area contributed by atoms with E-state index >= 15 is 0 Å². The van der Waals surface area contributed by atoms with Crippen LogP contribution in [0, 0.1) is 0 Å². The third kappa shape index (κ3) is 4.58. The molecule has 0 radical (unpaired) electrons. The maximum absolute atomic E-state index is 13.5. The highest BCUT2D eigenvalue weighted by Crippen LogP contribution is 2.40. The highest BCUT2D eigenvalue weighted by molar-refractivity contribution is 6.46. The minimum absolute atomic E-state index is 0.137. The van der Waals surface area contributed by atoms with E-state index < -0.39 is 23.5 Å². The number of carbonyl (C=O) groups is 2. The summed E-state index contributed by atoms with van der Waals surface area (Å²) in [6, 6.07) is 14.1. The first-order chi connectivity index (χ1) is 15.9. The molecule has 1 atom stereocenters. The number of H-pyrrole nitrogens is 1. The Labute approximate surface area is 201 Å². The van der Waals surface area contributed by atoms with Crippen molar-refractivity contribution in [3.05, 3.63) is 99.3 Å². The number of likely N-dealkylation sites (tertiary alicyclic amines) is 1. The molecule has 1 saturated heterocycles. The molecule has 0 bridgehead atoms. The molecule has 4 rings (SSSR count). The number of nitrogens with one attached hydrogen (secondary N) is 1. The van der Waals surface area contributed by atoms with Crippen molar-refractivity contribution in [3.63, 3.8) is 0 Å². The summed E-state index contributed by atoms with van der Waals surface area (Å²) in [5, 5.41) is 14.2. The number of ether oxygens (including phenoxy) is 1. The van der Waals surface area contributed by atoms with E-state index in [1.54, 1.807) is 48.8 Å². The Balaban J connectivity index is 1.85. The van der Waals surface area contributed by atoms with Gasteiger partial charge in [0.2, 0.25) is 5.78 Å². The van der Waals surface area contributed by atoms with Gasteiger partial charge in [0.05, 0.1) is 24.2 Å². The molecule has 2 aromatic carbocycles. The normalized spacial score (nSPS) is 17.4. The second kappa shape index (κ2) is 9.65. The SMILES string of the molecule is CCOc1ccc(C([O-])=C2C(=O)C(=O)N(Cc3ccc[nH+]c3)C2c2cccc(Cl)c2)cc1Cl. The van der Waals surface area contributed by atoms with Crippen molar-refractivity contribution in [1.82, 2.24) is 4.90 Å². The monoisotopic (exact) mass is 482 g/mol. The van der Waals surface area contributed by atoms with E-state index in [2.05, 4.69) is 4.98 Å². The molecule has 168 valence electrons. The van der Waals surface area contributed by atoms with Crippen molar-refractivity contribution in [2.75, 3.05) is 6.61 Å². The van der Waals surface area contributed by atoms with Crippen LogP contribution in [0.5, 0.6) is 5.75 Å². The first kappa shape index (κ1) is 22.8. The van der Waals surface area contributed by atoms with E-state index in [4.69, 9.17) is 27.9 Å². The molecule has 0 saturated carbocycles. The van der Waals surface area contributed by atoms with Gasteiger partial charge in [-0.25, -0.2) is 4.98 Å². The third-order valence-corrected chi connectivity index (χ3v) is 5.84. The molecule has 1 aliphatic rings. The van der Waals surface area contributed by atoms with Crippen molar-refractivity contribution in [1.29, 1.82) is 0 Å². The van der Waals surface area contributed by atoms with Crippen LogP contribution in [0.1, 0.15) is 29.7 Å². The lowest BCUT2D eigenvalue weighted by atomic mass is 9.95. The zero-order chi connectivity index (χ0) is 23.5. The zero-order valence-corrected chi connectivity index (χ0v) is 19.2. The zero-order valence-electron chi connectivity index (χ0n) is 17.7. The van der Waals surface area contributed by atoms with Gasteiger partial charge in [-0.15, -0.1) is 0 Å². The lowest BCUT2D eigenvalue weighted by Gasteiger charge is -2.27. The molecule has 0 spiro atoms. The van der Waals surface area contributed by atoms with Crippen molar-refractivity contribution < 1.29 is 24.4 Å². The fourth-order valence-corrected chi connectivity index (χ4v) is 4.29. The summed E-state index contributed by atoms with van der Waals surface area (Å²) < 4.78 is 5.43. The smallest absolute Gasteiger partial charge is 0.295 e. The number of hydrogen-bond acceptors (Lipinski definition) is 4. The molecule has 1 unspecified atom stereocenters. The summed E-state index contributed by atoms with van der Waals surface area (Å²) in [5.74, 6) is -1.72. The largest absolute Gasteiger partial charge is 0.872 e. The van der Waals surface area contributed by atoms with Crippen molar-refractivity contribution in [3.8, 4) is 5.75 Å². The van der Waals surface area contributed by atoms with Gasteiger partial charge in [-0.2, -0.15) is 0 Å². The summed E-state index contributed by atoms with van der Waals surface area (Å²) in [6.07, 6.45) is 3.48. The summed E-state index contributed by atoms with van der Waals surface area (Å²) in [6.45, 7) is 2.38. The lowest BCUT2D eigenvalue weighted by Crippen LogP contribution is -2.29. The number of aromatic amines is 1. The molecule has 33 heavy (non-hydrogen) atoms. The fraction of sp³-hybridized carbons (Fsp3) is 0.160. The van der Waals surface area contributed by atoms with Gasteiger partial charge in [0.15, 0.2) is 12.4 Å². The number of pyridine rings is 1. The van der Waals surface area contributed by atoms with E-state index in [0.29, 0.717) is 22.9 Å². The van der Waals surface area contributed by atoms with Crippen LogP contribution in [-0.4, -0.2) is 23.2 Å². The van der Waals surface area contributed by atoms with Gasteiger partial charge in [0, 0.05) is 22.2 Å². The molecule has 1 fully saturated rings. The molecule has 1 amide bonds. The van der Waals surface area contributed by atoms with E-state index in [0.717, 1.165) is 5.56 Å². The van der Waals surface area contributed by atoms with Crippen molar-refractivity contribution >= 4 is 40.7 Å². The number of nitrogens with zero attached hydrogens (tertiary/aromatic N) is 1. The molecule has 6 nitrogen and oxygen atoms in total. The fourth-order valence-electron chi connectivity index (χ4n) is 3.85. The predicted molar refractivity (Wildman–Crippen MR) is 122 cm³/mol. The number of rotatable bonds is 6. The molecule has 8 heteroatoms. The average Bonchev–Trinajstić information content (AvgIpc) is 3.05. The number of halogens is 2. The molecule has 1 aliphatic heterocycles. The Bertz CT molecular complexity index is 1240. The Hall–Kier alpha value is -3.35. The summed E-state index contributed by atoms with van der Waals surface area (Å²) in [4.78, 5) is 30.5. The molecule has 1 aromatic heterocycles. The summed E-state index contributed by atoms with van der Waals surface area (Å²) in [5.41, 5.74) is 1.41. The second-order valence-electron chi connectivity index (χ2n) is 7.45. The van der Waals surface area contributed by atoms with Gasteiger partial charge in [0.25, 0.3) is 5.91 Å². The number of carbonyl (C=O) groups excluding carboxylic acids is 2. The number of ketones is 1. The van der Waals surface area contributed by atoms with Crippen molar-refractivity contribution in [2.24, 2.45) is 0 Å². The third-order valence-electron chi connectivity index (χ3n) is 5.31. The Morgan fingerprint density at radius 1 is 1.12 bits per heavy atom. The van der Waals surface area contributed by atoms with Crippen LogP contribution in [0.15, 0.2) is 72.6 Å². The van der Waals surface area contributed by atoms with E-state index in [9.17, 15) is 14.7 Å². The minimum atomic E-state index is -0.887. The standard InChI is InChI=1S/C25H20Cl2N2O4/c1-2-33-20-9-8-17(12-19(20)27)23(30)21-22(16-6-3-7-18(26)11-16)29(25(32)24(21)31)14-15-5-4-10-28-13-15/h3-13,22,30H,2,14H2,1H3. The highest BCUT2D eigenvalue weighted by atomic mass is 35.5. The minimum Gasteiger partial charge on any atom is -0.872 e. The van der Waals surface area contributed by atoms with Crippen LogP contribution in [0.3, 0.4) is 0 Å². The van der Waals surface area contributed by atoms with Gasteiger partial charge in [-0.05, 0) is 48.4 Å². The van der Waals surface area contributed by atoms with E-state index in [1.165, 1.54) is 17.0 Å². The first-order valence-corrected chi connectivity index (χ1v) is 11.1. The van der Waals surface area contributed by atoms with Crippen LogP contribution in [0.2, 0.25) is 10.0 Å². The van der Waals surface area contributed by atoms with Crippen molar-refractivity contribution in [2.45, 2.75) is 19.5 Å². The quantitative estimate of drug-likeness (QED) is 0.305. The van der Waals surface area contributed by atoms with Gasteiger partial charge < -0.3 is 14.7 Å². The average molecular weight is 483 g/mol. The maximum atomic E-state index is 13.5. The highest BCUT2D eigenvalue weighted by Gasteiger charge is 2.44. The maximum Gasteiger partial charge on any atom is 0.295 e. The van der Waals surface area contributed by atoms with E-state index in [-0.39, 0.29) is 22.7 Å². The summed E-state index contributed by atoms with van der Waals surface area (Å²) in [7, 11) is 0. The second-order valence-corrected chi connectivity index (χ2v) is 8.30. The molecule has 2 heterocycles. The molecule has 3 aromatic rings. The lowest BCUT2D eigenvalue weighted by molar-refractivity contribution is -0.378. The van der Waals surface area contributed by atoms with E-state index in [1.807, 2.05) is 13.0 Å². The number of benzene rings is 2. The topological polar surface area (TPSA) is 83.8 Å².